The Morgan fingerprint density at radius 2 is 2.15 bits per heavy atom. The molecule has 0 aromatic carbocycles. The molecule has 3 atom stereocenters. The lowest BCUT2D eigenvalue weighted by atomic mass is 9.61. The van der Waals surface area contributed by atoms with Crippen molar-refractivity contribution in [2.75, 3.05) is 0 Å². The Morgan fingerprint density at radius 1 is 1.55 bits per heavy atom. The van der Waals surface area contributed by atoms with E-state index in [1.165, 1.54) is 0 Å². The maximum atomic E-state index is 11.7. The van der Waals surface area contributed by atoms with Crippen molar-refractivity contribution < 1.29 is 24.5 Å². The zero-order chi connectivity index (χ0) is 15.3. The Bertz CT molecular complexity index is 559. The van der Waals surface area contributed by atoms with Crippen LogP contribution in [-0.4, -0.2) is 27.9 Å². The van der Waals surface area contributed by atoms with E-state index < -0.39 is 29.1 Å². The molecule has 2 N–H and O–H groups in total. The molecule has 1 fully saturated rings. The SMILES string of the molecule is C=CC1(C)CC2(O)OC(=O)C(C)=C2CC1C(=C)C(=O)O. The van der Waals surface area contributed by atoms with E-state index in [9.17, 15) is 19.8 Å². The number of ether oxygens (including phenoxy) is 1. The average Bonchev–Trinajstić information content (AvgIpc) is 2.57. The van der Waals surface area contributed by atoms with E-state index in [4.69, 9.17) is 4.74 Å². The van der Waals surface area contributed by atoms with Crippen molar-refractivity contribution in [1.29, 1.82) is 0 Å². The van der Waals surface area contributed by atoms with Gasteiger partial charge in [-0.25, -0.2) is 9.59 Å². The Morgan fingerprint density at radius 3 is 2.65 bits per heavy atom. The lowest BCUT2D eigenvalue weighted by molar-refractivity contribution is -0.198. The summed E-state index contributed by atoms with van der Waals surface area (Å²) in [4.78, 5) is 22.9. The summed E-state index contributed by atoms with van der Waals surface area (Å²) in [5.41, 5.74) is 0.142. The fourth-order valence-electron chi connectivity index (χ4n) is 3.12. The van der Waals surface area contributed by atoms with Crippen LogP contribution in [0.15, 0.2) is 36.0 Å². The molecule has 3 unspecified atom stereocenters. The largest absolute Gasteiger partial charge is 0.478 e. The third kappa shape index (κ3) is 1.89. The maximum Gasteiger partial charge on any atom is 0.336 e. The first-order valence-corrected chi connectivity index (χ1v) is 6.36. The van der Waals surface area contributed by atoms with Gasteiger partial charge in [0.1, 0.15) is 0 Å². The number of aliphatic carboxylic acids is 1. The lowest BCUT2D eigenvalue weighted by Gasteiger charge is -2.45. The van der Waals surface area contributed by atoms with Crippen LogP contribution in [0.25, 0.3) is 0 Å². The Hall–Kier alpha value is -1.88. The van der Waals surface area contributed by atoms with Gasteiger partial charge < -0.3 is 14.9 Å². The summed E-state index contributed by atoms with van der Waals surface area (Å²) in [6.07, 6.45) is 1.91. The topological polar surface area (TPSA) is 83.8 Å². The number of rotatable bonds is 3. The highest BCUT2D eigenvalue weighted by atomic mass is 16.7. The molecule has 0 aromatic rings. The van der Waals surface area contributed by atoms with E-state index in [-0.39, 0.29) is 18.4 Å². The molecule has 1 aliphatic carbocycles. The van der Waals surface area contributed by atoms with Gasteiger partial charge in [-0.1, -0.05) is 19.6 Å². The molecule has 1 aliphatic heterocycles. The molecule has 108 valence electrons. The summed E-state index contributed by atoms with van der Waals surface area (Å²) in [5, 5.41) is 19.7. The molecule has 1 heterocycles. The van der Waals surface area contributed by atoms with Crippen molar-refractivity contribution in [3.8, 4) is 0 Å². The first-order chi connectivity index (χ1) is 9.14. The summed E-state index contributed by atoms with van der Waals surface area (Å²) >= 11 is 0. The van der Waals surface area contributed by atoms with Crippen LogP contribution in [0, 0.1) is 11.3 Å². The number of aliphatic hydroxyl groups is 1. The van der Waals surface area contributed by atoms with Crippen molar-refractivity contribution in [3.63, 3.8) is 0 Å². The van der Waals surface area contributed by atoms with Crippen LogP contribution in [0.1, 0.15) is 26.7 Å². The summed E-state index contributed by atoms with van der Waals surface area (Å²) in [5.74, 6) is -3.73. The molecule has 0 spiro atoms. The highest BCUT2D eigenvalue weighted by molar-refractivity contribution is 5.92. The van der Waals surface area contributed by atoms with Gasteiger partial charge >= 0.3 is 11.9 Å². The molecule has 0 aromatic heterocycles. The number of hydrogen-bond acceptors (Lipinski definition) is 4. The van der Waals surface area contributed by atoms with Gasteiger partial charge in [0, 0.05) is 29.1 Å². The first-order valence-electron chi connectivity index (χ1n) is 6.36. The van der Waals surface area contributed by atoms with Crippen molar-refractivity contribution in [3.05, 3.63) is 36.0 Å². The molecular weight excluding hydrogens is 260 g/mol. The predicted octanol–water partition coefficient (Wildman–Crippen LogP) is 1.79. The molecule has 5 nitrogen and oxygen atoms in total. The van der Waals surface area contributed by atoms with E-state index >= 15 is 0 Å². The minimum absolute atomic E-state index is 0.0501. The highest BCUT2D eigenvalue weighted by Gasteiger charge is 2.56. The van der Waals surface area contributed by atoms with Gasteiger partial charge in [-0.2, -0.15) is 0 Å². The number of hydrogen-bond donors (Lipinski definition) is 2. The molecule has 2 rings (SSSR count). The normalized spacial score (nSPS) is 36.4. The van der Waals surface area contributed by atoms with Gasteiger partial charge in [-0.3, -0.25) is 0 Å². The second-order valence-corrected chi connectivity index (χ2v) is 5.75. The van der Waals surface area contributed by atoms with E-state index in [0.717, 1.165) is 0 Å². The first kappa shape index (κ1) is 14.5. The molecule has 5 heteroatoms. The van der Waals surface area contributed by atoms with Gasteiger partial charge in [-0.15, -0.1) is 6.58 Å². The van der Waals surface area contributed by atoms with Gasteiger partial charge in [0.2, 0.25) is 5.79 Å². The van der Waals surface area contributed by atoms with E-state index in [0.29, 0.717) is 11.1 Å². The Balaban J connectivity index is 2.50. The number of carboxylic acids is 1. The molecule has 2 aliphatic rings. The molecule has 1 saturated carbocycles. The molecule has 0 radical (unpaired) electrons. The van der Waals surface area contributed by atoms with Gasteiger partial charge in [-0.05, 0) is 18.8 Å². The summed E-state index contributed by atoms with van der Waals surface area (Å²) in [6.45, 7) is 10.7. The van der Waals surface area contributed by atoms with Crippen LogP contribution >= 0.6 is 0 Å². The zero-order valence-electron chi connectivity index (χ0n) is 11.6. The number of fused-ring (bicyclic) bond motifs is 1. The van der Waals surface area contributed by atoms with E-state index in [1.54, 1.807) is 19.9 Å². The van der Waals surface area contributed by atoms with E-state index in [2.05, 4.69) is 13.2 Å². The van der Waals surface area contributed by atoms with Gasteiger partial charge in [0.15, 0.2) is 0 Å². The number of carbonyl (C=O) groups excluding carboxylic acids is 1. The standard InChI is InChI=1S/C15H18O5/c1-5-14(4)7-15(19)11(9(3)13(18)20-15)6-10(14)8(2)12(16)17/h5,10,19H,1-2,6-7H2,3-4H3,(H,16,17). The molecule has 0 saturated heterocycles. The van der Waals surface area contributed by atoms with Gasteiger partial charge in [0.05, 0.1) is 0 Å². The van der Waals surface area contributed by atoms with Crippen LogP contribution in [0.3, 0.4) is 0 Å². The van der Waals surface area contributed by atoms with Crippen molar-refractivity contribution in [2.24, 2.45) is 11.3 Å². The van der Waals surface area contributed by atoms with Crippen LogP contribution in [0.2, 0.25) is 0 Å². The Labute approximate surface area is 117 Å². The fourth-order valence-corrected chi connectivity index (χ4v) is 3.12. The highest BCUT2D eigenvalue weighted by Crippen LogP contribution is 2.54. The molecule has 0 bridgehead atoms. The number of allylic oxidation sites excluding steroid dienone is 1. The monoisotopic (exact) mass is 278 g/mol. The number of esters is 1. The van der Waals surface area contributed by atoms with Crippen molar-refractivity contribution in [1.82, 2.24) is 0 Å². The molecular formula is C15H18O5. The quantitative estimate of drug-likeness (QED) is 0.467. The molecule has 20 heavy (non-hydrogen) atoms. The van der Waals surface area contributed by atoms with Crippen LogP contribution in [0.5, 0.6) is 0 Å². The maximum absolute atomic E-state index is 11.7. The number of carboxylic acid groups (broad SMARTS) is 1. The third-order valence-electron chi connectivity index (χ3n) is 4.48. The minimum Gasteiger partial charge on any atom is -0.478 e. The van der Waals surface area contributed by atoms with Crippen molar-refractivity contribution in [2.45, 2.75) is 32.5 Å². The Kier molecular flexibility index (Phi) is 3.13. The second-order valence-electron chi connectivity index (χ2n) is 5.75. The lowest BCUT2D eigenvalue weighted by Crippen LogP contribution is -2.47. The minimum atomic E-state index is -1.65. The fraction of sp³-hybridized carbons (Fsp3) is 0.467. The molecule has 0 amide bonds. The van der Waals surface area contributed by atoms with Gasteiger partial charge in [0.25, 0.3) is 0 Å². The summed E-state index contributed by atoms with van der Waals surface area (Å²) in [6, 6.07) is 0. The summed E-state index contributed by atoms with van der Waals surface area (Å²) in [7, 11) is 0. The smallest absolute Gasteiger partial charge is 0.336 e. The van der Waals surface area contributed by atoms with E-state index in [1.807, 2.05) is 0 Å². The summed E-state index contributed by atoms with van der Waals surface area (Å²) < 4.78 is 5.07. The predicted molar refractivity (Wildman–Crippen MR) is 71.5 cm³/mol. The third-order valence-corrected chi connectivity index (χ3v) is 4.48. The van der Waals surface area contributed by atoms with Crippen molar-refractivity contribution >= 4 is 11.9 Å². The second kappa shape index (κ2) is 4.31. The average molecular weight is 278 g/mol. The van der Waals surface area contributed by atoms with Crippen LogP contribution in [0.4, 0.5) is 0 Å². The van der Waals surface area contributed by atoms with Crippen LogP contribution in [-0.2, 0) is 14.3 Å². The number of carbonyl (C=O) groups is 2. The zero-order valence-corrected chi connectivity index (χ0v) is 11.6. The van der Waals surface area contributed by atoms with Crippen LogP contribution < -0.4 is 0 Å².